The number of benzene rings is 1. The Labute approximate surface area is 174 Å². The van der Waals surface area contributed by atoms with Gasteiger partial charge in [-0.15, -0.1) is 0 Å². The molecule has 1 aliphatic carbocycles. The number of likely N-dealkylation sites (tertiary alicyclic amines) is 1. The molecule has 29 heavy (non-hydrogen) atoms. The van der Waals surface area contributed by atoms with Crippen molar-refractivity contribution in [2.75, 3.05) is 26.2 Å². The fraction of sp³-hybridized carbons (Fsp3) is 0.708. The molecule has 5 heteroatoms. The Hall–Kier alpha value is -1.59. The lowest BCUT2D eigenvalue weighted by molar-refractivity contribution is 0.105. The Morgan fingerprint density at radius 1 is 1.00 bits per heavy atom. The summed E-state index contributed by atoms with van der Waals surface area (Å²) in [5, 5.41) is 0. The molecule has 1 saturated heterocycles. The highest BCUT2D eigenvalue weighted by molar-refractivity contribution is 5.76. The molecule has 1 aromatic carbocycles. The maximum absolute atomic E-state index is 13.2. The molecule has 5 nitrogen and oxygen atoms in total. The summed E-state index contributed by atoms with van der Waals surface area (Å²) in [6.07, 6.45) is 10.8. The second-order valence-electron chi connectivity index (χ2n) is 9.21. The van der Waals surface area contributed by atoms with E-state index in [2.05, 4.69) is 28.5 Å². The van der Waals surface area contributed by atoms with Gasteiger partial charge in [-0.1, -0.05) is 44.2 Å². The zero-order chi connectivity index (χ0) is 20.2. The molecule has 160 valence electrons. The van der Waals surface area contributed by atoms with Gasteiger partial charge in [0, 0.05) is 38.1 Å². The van der Waals surface area contributed by atoms with Crippen LogP contribution >= 0.6 is 0 Å². The zero-order valence-electron chi connectivity index (χ0n) is 18.1. The molecule has 1 saturated carbocycles. The van der Waals surface area contributed by atoms with Gasteiger partial charge in [0.1, 0.15) is 0 Å². The highest BCUT2D eigenvalue weighted by Crippen LogP contribution is 2.31. The highest BCUT2D eigenvalue weighted by atomic mass is 16.1. The standard InChI is InChI=1S/C24H38N4O/c1-2-27-22-12-8-9-13-23(22)28(24(27)29)21-14-15-26(18-20(21)16-25)17-19-10-6-4-3-5-7-11-19/h8-9,12-13,19-21H,2-7,10-11,14-18,25H2,1H3/t20-,21+/m0/s1. The van der Waals surface area contributed by atoms with Crippen molar-refractivity contribution in [1.29, 1.82) is 0 Å². The molecule has 0 unspecified atom stereocenters. The Morgan fingerprint density at radius 3 is 2.38 bits per heavy atom. The van der Waals surface area contributed by atoms with Crippen molar-refractivity contribution in [2.24, 2.45) is 17.6 Å². The molecule has 2 aliphatic rings. The summed E-state index contributed by atoms with van der Waals surface area (Å²) in [6, 6.07) is 8.43. The molecule has 0 bridgehead atoms. The minimum Gasteiger partial charge on any atom is -0.330 e. The van der Waals surface area contributed by atoms with E-state index in [1.807, 2.05) is 16.7 Å². The molecule has 2 fully saturated rings. The van der Waals surface area contributed by atoms with Crippen LogP contribution in [0.15, 0.2) is 29.1 Å². The van der Waals surface area contributed by atoms with Crippen LogP contribution in [0.2, 0.25) is 0 Å². The van der Waals surface area contributed by atoms with Crippen molar-refractivity contribution in [3.05, 3.63) is 34.7 Å². The molecule has 1 aliphatic heterocycles. The summed E-state index contributed by atoms with van der Waals surface area (Å²) in [7, 11) is 0. The number of nitrogens with zero attached hydrogens (tertiary/aromatic N) is 3. The molecule has 2 aromatic rings. The average Bonchev–Trinajstić information content (AvgIpc) is 3.00. The molecule has 2 atom stereocenters. The summed E-state index contributed by atoms with van der Waals surface area (Å²) in [5.74, 6) is 1.18. The predicted molar refractivity (Wildman–Crippen MR) is 120 cm³/mol. The summed E-state index contributed by atoms with van der Waals surface area (Å²) in [6.45, 7) is 6.72. The monoisotopic (exact) mass is 398 g/mol. The van der Waals surface area contributed by atoms with E-state index in [1.165, 1.54) is 51.5 Å². The van der Waals surface area contributed by atoms with E-state index in [0.717, 1.165) is 36.5 Å². The smallest absolute Gasteiger partial charge is 0.329 e. The molecule has 1 aromatic heterocycles. The van der Waals surface area contributed by atoms with E-state index < -0.39 is 0 Å². The number of hydrogen-bond acceptors (Lipinski definition) is 3. The number of imidazole rings is 1. The van der Waals surface area contributed by atoms with Crippen LogP contribution in [0.4, 0.5) is 0 Å². The first-order valence-electron chi connectivity index (χ1n) is 11.8. The average molecular weight is 399 g/mol. The number of para-hydroxylation sites is 2. The van der Waals surface area contributed by atoms with E-state index in [1.54, 1.807) is 0 Å². The number of hydrogen-bond donors (Lipinski definition) is 1. The van der Waals surface area contributed by atoms with Gasteiger partial charge in [-0.25, -0.2) is 4.79 Å². The number of rotatable bonds is 5. The van der Waals surface area contributed by atoms with Crippen molar-refractivity contribution in [3.63, 3.8) is 0 Å². The zero-order valence-corrected chi connectivity index (χ0v) is 18.1. The van der Waals surface area contributed by atoms with E-state index in [4.69, 9.17) is 5.73 Å². The maximum atomic E-state index is 13.2. The van der Waals surface area contributed by atoms with Gasteiger partial charge in [0.05, 0.1) is 11.0 Å². The van der Waals surface area contributed by atoms with E-state index >= 15 is 0 Å². The summed E-state index contributed by atoms with van der Waals surface area (Å²) >= 11 is 0. The van der Waals surface area contributed by atoms with Gasteiger partial charge >= 0.3 is 5.69 Å². The van der Waals surface area contributed by atoms with Crippen LogP contribution in [0.25, 0.3) is 11.0 Å². The summed E-state index contributed by atoms with van der Waals surface area (Å²) < 4.78 is 3.97. The van der Waals surface area contributed by atoms with Crippen LogP contribution < -0.4 is 11.4 Å². The van der Waals surface area contributed by atoms with E-state index in [0.29, 0.717) is 19.0 Å². The lowest BCUT2D eigenvalue weighted by atomic mass is 9.88. The topological polar surface area (TPSA) is 56.2 Å². The molecule has 0 spiro atoms. The Balaban J connectivity index is 1.52. The third-order valence-corrected chi connectivity index (χ3v) is 7.34. The lowest BCUT2D eigenvalue weighted by Crippen LogP contribution is -2.47. The molecule has 0 amide bonds. The second kappa shape index (κ2) is 9.48. The van der Waals surface area contributed by atoms with Gasteiger partial charge < -0.3 is 10.6 Å². The van der Waals surface area contributed by atoms with Gasteiger partial charge in [0.25, 0.3) is 0 Å². The number of nitrogens with two attached hydrogens (primary N) is 1. The third kappa shape index (κ3) is 4.31. The molecule has 2 N–H and O–H groups in total. The van der Waals surface area contributed by atoms with Crippen LogP contribution in [0.1, 0.15) is 64.3 Å². The van der Waals surface area contributed by atoms with Crippen LogP contribution in [0.3, 0.4) is 0 Å². The Kier molecular flexibility index (Phi) is 6.76. The van der Waals surface area contributed by atoms with Crippen LogP contribution in [0, 0.1) is 11.8 Å². The van der Waals surface area contributed by atoms with Crippen molar-refractivity contribution >= 4 is 11.0 Å². The molecular formula is C24H38N4O. The van der Waals surface area contributed by atoms with Crippen LogP contribution in [-0.2, 0) is 6.54 Å². The number of piperidine rings is 1. The first-order valence-corrected chi connectivity index (χ1v) is 11.8. The van der Waals surface area contributed by atoms with Crippen LogP contribution in [-0.4, -0.2) is 40.2 Å². The largest absolute Gasteiger partial charge is 0.330 e. The van der Waals surface area contributed by atoms with Gasteiger partial charge in [-0.05, 0) is 50.8 Å². The minimum atomic E-state index is 0.130. The second-order valence-corrected chi connectivity index (χ2v) is 9.21. The SMILES string of the molecule is CCn1c(=O)n([C@@H]2CCN(CC3CCCCCCC3)C[C@@H]2CN)c2ccccc21. The van der Waals surface area contributed by atoms with E-state index in [-0.39, 0.29) is 11.7 Å². The van der Waals surface area contributed by atoms with Gasteiger partial charge in [0.15, 0.2) is 0 Å². The fourth-order valence-electron chi connectivity index (χ4n) is 5.78. The van der Waals surface area contributed by atoms with Crippen molar-refractivity contribution in [2.45, 2.75) is 70.9 Å². The Bertz CT molecular complexity index is 846. The first kappa shape index (κ1) is 20.7. The van der Waals surface area contributed by atoms with Crippen molar-refractivity contribution < 1.29 is 0 Å². The Morgan fingerprint density at radius 2 is 1.69 bits per heavy atom. The molecule has 0 radical (unpaired) electrons. The normalized spacial score (nSPS) is 25.2. The number of aromatic nitrogens is 2. The maximum Gasteiger partial charge on any atom is 0.329 e. The van der Waals surface area contributed by atoms with Gasteiger partial charge in [-0.2, -0.15) is 0 Å². The molecule has 4 rings (SSSR count). The van der Waals surface area contributed by atoms with Crippen molar-refractivity contribution in [3.8, 4) is 0 Å². The quantitative estimate of drug-likeness (QED) is 0.828. The molecular weight excluding hydrogens is 360 g/mol. The van der Waals surface area contributed by atoms with E-state index in [9.17, 15) is 4.79 Å². The van der Waals surface area contributed by atoms with Crippen molar-refractivity contribution in [1.82, 2.24) is 14.0 Å². The van der Waals surface area contributed by atoms with Crippen LogP contribution in [0.5, 0.6) is 0 Å². The predicted octanol–water partition coefficient (Wildman–Crippen LogP) is 4.01. The first-order chi connectivity index (χ1) is 14.2. The number of aryl methyl sites for hydroxylation is 1. The number of fused-ring (bicyclic) bond motifs is 1. The third-order valence-electron chi connectivity index (χ3n) is 7.34. The van der Waals surface area contributed by atoms with Gasteiger partial charge in [0.2, 0.25) is 0 Å². The summed E-state index contributed by atoms with van der Waals surface area (Å²) in [4.78, 5) is 15.9. The molecule has 2 heterocycles. The fourth-order valence-corrected chi connectivity index (χ4v) is 5.78. The highest BCUT2D eigenvalue weighted by Gasteiger charge is 2.33. The van der Waals surface area contributed by atoms with Gasteiger partial charge in [-0.3, -0.25) is 9.13 Å². The minimum absolute atomic E-state index is 0.130. The lowest BCUT2D eigenvalue weighted by Gasteiger charge is -2.40. The summed E-state index contributed by atoms with van der Waals surface area (Å²) in [5.41, 5.74) is 8.50.